The summed E-state index contributed by atoms with van der Waals surface area (Å²) in [7, 11) is 0. The summed E-state index contributed by atoms with van der Waals surface area (Å²) < 4.78 is 20.0. The Labute approximate surface area is 249 Å². The molecule has 0 aliphatic carbocycles. The minimum absolute atomic E-state index is 0.284. The molecule has 5 aromatic carbocycles. The number of fused-ring (bicyclic) bond motifs is 2. The molecule has 42 heavy (non-hydrogen) atoms. The van der Waals surface area contributed by atoms with Crippen LogP contribution < -0.4 is 10.1 Å². The topological polar surface area (TPSA) is 39.7 Å². The van der Waals surface area contributed by atoms with Gasteiger partial charge in [-0.2, -0.15) is 0 Å². The number of nitrogens with one attached hydrogen (secondary N) is 1. The number of benzene rings is 5. The summed E-state index contributed by atoms with van der Waals surface area (Å²) in [5.74, 6) is 0.844. The number of ether oxygens (including phenoxy) is 3. The summed E-state index contributed by atoms with van der Waals surface area (Å²) in [6.45, 7) is 8.15. The zero-order chi connectivity index (χ0) is 28.9. The molecule has 0 saturated carbocycles. The Bertz CT molecular complexity index is 1650. The molecule has 0 spiro atoms. The third kappa shape index (κ3) is 6.35. The molecule has 0 fully saturated rings. The molecule has 6 rings (SSSR count). The minimum atomic E-state index is -0.586. The van der Waals surface area contributed by atoms with Gasteiger partial charge in [0.15, 0.2) is 0 Å². The van der Waals surface area contributed by atoms with Crippen LogP contribution in [-0.4, -0.2) is 18.3 Å². The lowest BCUT2D eigenvalue weighted by atomic mass is 9.87. The summed E-state index contributed by atoms with van der Waals surface area (Å²) in [4.78, 5) is 0. The Kier molecular flexibility index (Phi) is 8.27. The van der Waals surface area contributed by atoms with Crippen LogP contribution >= 0.6 is 0 Å². The van der Waals surface area contributed by atoms with E-state index in [2.05, 4.69) is 135 Å². The summed E-state index contributed by atoms with van der Waals surface area (Å²) in [6, 6.07) is 40.2. The minimum Gasteiger partial charge on any atom is -0.485 e. The zero-order valence-corrected chi connectivity index (χ0v) is 24.7. The molecular weight excluding hydrogens is 518 g/mol. The first-order valence-corrected chi connectivity index (χ1v) is 14.8. The third-order valence-corrected chi connectivity index (χ3v) is 8.17. The average Bonchev–Trinajstić information content (AvgIpc) is 3.00. The van der Waals surface area contributed by atoms with E-state index >= 15 is 0 Å². The lowest BCUT2D eigenvalue weighted by Gasteiger charge is -2.44. The summed E-state index contributed by atoms with van der Waals surface area (Å²) >= 11 is 0. The van der Waals surface area contributed by atoms with Gasteiger partial charge in [-0.3, -0.25) is 0 Å². The van der Waals surface area contributed by atoms with Crippen LogP contribution in [0.2, 0.25) is 0 Å². The van der Waals surface area contributed by atoms with Gasteiger partial charge in [-0.25, -0.2) is 0 Å². The van der Waals surface area contributed by atoms with Crippen LogP contribution in [0.1, 0.15) is 47.8 Å². The van der Waals surface area contributed by atoms with Crippen LogP contribution in [0, 0.1) is 6.92 Å². The van der Waals surface area contributed by atoms with E-state index in [1.54, 1.807) is 0 Å². The molecule has 5 aromatic rings. The fourth-order valence-corrected chi connectivity index (χ4v) is 5.78. The van der Waals surface area contributed by atoms with Crippen LogP contribution in [0.4, 0.5) is 5.69 Å². The highest BCUT2D eigenvalue weighted by Crippen LogP contribution is 2.44. The van der Waals surface area contributed by atoms with Crippen LogP contribution in [0.25, 0.3) is 10.8 Å². The van der Waals surface area contributed by atoms with E-state index in [4.69, 9.17) is 14.2 Å². The van der Waals surface area contributed by atoms with Gasteiger partial charge in [0.05, 0.1) is 13.2 Å². The average molecular weight is 558 g/mol. The number of anilines is 1. The quantitative estimate of drug-likeness (QED) is 0.186. The monoisotopic (exact) mass is 557 g/mol. The first-order chi connectivity index (χ1) is 20.5. The second kappa shape index (κ2) is 12.4. The van der Waals surface area contributed by atoms with Crippen LogP contribution in [0.3, 0.4) is 0 Å². The van der Waals surface area contributed by atoms with Gasteiger partial charge in [-0.05, 0) is 84.5 Å². The normalized spacial score (nSPS) is 17.4. The summed E-state index contributed by atoms with van der Waals surface area (Å²) in [5.41, 5.74) is 6.40. The summed E-state index contributed by atoms with van der Waals surface area (Å²) in [6.07, 6.45) is 0.239. The molecular formula is C38H39NO3. The van der Waals surface area contributed by atoms with Gasteiger partial charge in [0, 0.05) is 17.8 Å². The molecule has 4 nitrogen and oxygen atoms in total. The lowest BCUT2D eigenvalue weighted by Crippen LogP contribution is -2.51. The molecule has 1 N–H and O–H groups in total. The molecule has 1 aliphatic rings. The van der Waals surface area contributed by atoms with Gasteiger partial charge < -0.3 is 19.5 Å². The van der Waals surface area contributed by atoms with Crippen LogP contribution in [-0.2, 0) is 29.0 Å². The largest absolute Gasteiger partial charge is 0.485 e. The summed E-state index contributed by atoms with van der Waals surface area (Å²) in [5, 5.41) is 6.05. The smallest absolute Gasteiger partial charge is 0.132 e. The van der Waals surface area contributed by atoms with Crippen molar-refractivity contribution in [3.63, 3.8) is 0 Å². The highest BCUT2D eigenvalue weighted by molar-refractivity contribution is 5.82. The van der Waals surface area contributed by atoms with E-state index in [1.165, 1.54) is 27.5 Å². The van der Waals surface area contributed by atoms with Gasteiger partial charge in [0.25, 0.3) is 0 Å². The third-order valence-electron chi connectivity index (χ3n) is 8.17. The Morgan fingerprint density at radius 2 is 1.50 bits per heavy atom. The van der Waals surface area contributed by atoms with Crippen molar-refractivity contribution in [1.29, 1.82) is 0 Å². The molecule has 0 bridgehead atoms. The second-order valence-corrected chi connectivity index (χ2v) is 11.7. The predicted molar refractivity (Wildman–Crippen MR) is 171 cm³/mol. The highest BCUT2D eigenvalue weighted by Gasteiger charge is 2.45. The fourth-order valence-electron chi connectivity index (χ4n) is 5.78. The molecule has 4 heteroatoms. The molecule has 2 unspecified atom stereocenters. The van der Waals surface area contributed by atoms with Crippen molar-refractivity contribution >= 4 is 16.5 Å². The van der Waals surface area contributed by atoms with E-state index in [0.29, 0.717) is 13.2 Å². The molecule has 1 aliphatic heterocycles. The van der Waals surface area contributed by atoms with Crippen molar-refractivity contribution in [2.45, 2.75) is 58.2 Å². The number of hydrogen-bond acceptors (Lipinski definition) is 4. The Morgan fingerprint density at radius 3 is 2.33 bits per heavy atom. The van der Waals surface area contributed by atoms with E-state index in [9.17, 15) is 0 Å². The molecule has 1 heterocycles. The van der Waals surface area contributed by atoms with Gasteiger partial charge >= 0.3 is 0 Å². The standard InChI is InChI=1S/C38H39NO3/c1-27-11-7-8-16-32(27)25-39-33-19-20-35-34(24-33)36(40-22-21-28-12-5-4-6-13-28)37(38(2,3)42-35)41-26-29-17-18-30-14-9-10-15-31(30)23-29/h4-20,23-24,36-37,39H,21-22,25-26H2,1-3H3. The molecule has 0 aromatic heterocycles. The maximum Gasteiger partial charge on any atom is 0.132 e. The van der Waals surface area contributed by atoms with E-state index in [1.807, 2.05) is 6.07 Å². The molecule has 2 atom stereocenters. The lowest BCUT2D eigenvalue weighted by molar-refractivity contribution is -0.167. The van der Waals surface area contributed by atoms with Gasteiger partial charge in [-0.15, -0.1) is 0 Å². The highest BCUT2D eigenvalue weighted by atomic mass is 16.6. The molecule has 214 valence electrons. The Balaban J connectivity index is 1.26. The van der Waals surface area contributed by atoms with Gasteiger partial charge in [-0.1, -0.05) is 91.0 Å². The van der Waals surface area contributed by atoms with Crippen molar-refractivity contribution in [2.75, 3.05) is 11.9 Å². The first kappa shape index (κ1) is 28.0. The number of hydrogen-bond donors (Lipinski definition) is 1. The van der Waals surface area contributed by atoms with Crippen molar-refractivity contribution in [3.05, 3.63) is 143 Å². The molecule has 0 radical (unpaired) electrons. The first-order valence-electron chi connectivity index (χ1n) is 14.8. The maximum atomic E-state index is 6.72. The van der Waals surface area contributed by atoms with Crippen molar-refractivity contribution in [2.24, 2.45) is 0 Å². The molecule has 0 amide bonds. The van der Waals surface area contributed by atoms with Crippen LogP contribution in [0.5, 0.6) is 5.75 Å². The van der Waals surface area contributed by atoms with Gasteiger partial charge in [0.2, 0.25) is 0 Å². The number of aryl methyl sites for hydroxylation is 1. The van der Waals surface area contributed by atoms with E-state index in [-0.39, 0.29) is 12.2 Å². The van der Waals surface area contributed by atoms with Crippen molar-refractivity contribution < 1.29 is 14.2 Å². The Morgan fingerprint density at radius 1 is 0.738 bits per heavy atom. The van der Waals surface area contributed by atoms with E-state index < -0.39 is 5.60 Å². The van der Waals surface area contributed by atoms with E-state index in [0.717, 1.165) is 35.5 Å². The SMILES string of the molecule is Cc1ccccc1CNc1ccc2c(c1)C(OCCc1ccccc1)C(OCc1ccc3ccccc3c1)C(C)(C)O2. The maximum absolute atomic E-state index is 6.72. The van der Waals surface area contributed by atoms with Crippen molar-refractivity contribution in [3.8, 4) is 5.75 Å². The molecule has 0 saturated heterocycles. The number of rotatable bonds is 10. The van der Waals surface area contributed by atoms with Gasteiger partial charge in [0.1, 0.15) is 23.6 Å². The zero-order valence-electron chi connectivity index (χ0n) is 24.7. The Hall–Kier alpha value is -4.12. The van der Waals surface area contributed by atoms with Crippen LogP contribution in [0.15, 0.2) is 115 Å². The fraction of sp³-hybridized carbons (Fsp3) is 0.263. The second-order valence-electron chi connectivity index (χ2n) is 11.7. The predicted octanol–water partition coefficient (Wildman–Crippen LogP) is 8.82. The van der Waals surface area contributed by atoms with Crippen molar-refractivity contribution in [1.82, 2.24) is 0 Å².